The van der Waals surface area contributed by atoms with Crippen LogP contribution in [0.5, 0.6) is 0 Å². The first-order valence-corrected chi connectivity index (χ1v) is 6.48. The average molecular weight is 297 g/mol. The zero-order valence-electron chi connectivity index (χ0n) is 9.87. The molecule has 0 aliphatic rings. The number of hydrogen-bond acceptors (Lipinski definition) is 1. The summed E-state index contributed by atoms with van der Waals surface area (Å²) >= 11 is 3.52. The molecule has 0 N–H and O–H groups in total. The molecule has 0 amide bonds. The van der Waals surface area contributed by atoms with Gasteiger partial charge in [-0.15, -0.1) is 0 Å². The first kappa shape index (κ1) is 12.3. The summed E-state index contributed by atoms with van der Waals surface area (Å²) in [4.78, 5) is 0. The van der Waals surface area contributed by atoms with Crippen LogP contribution >= 0.6 is 15.9 Å². The van der Waals surface area contributed by atoms with E-state index in [0.717, 1.165) is 23.1 Å². The van der Waals surface area contributed by atoms with Gasteiger partial charge in [-0.1, -0.05) is 19.1 Å². The molecule has 2 aromatic rings. The number of rotatable bonds is 3. The van der Waals surface area contributed by atoms with Gasteiger partial charge >= 0.3 is 0 Å². The fraction of sp³-hybridized carbons (Fsp3) is 0.308. The topological polar surface area (TPSA) is 17.8 Å². The van der Waals surface area contributed by atoms with Crippen molar-refractivity contribution in [3.8, 4) is 11.3 Å². The summed E-state index contributed by atoms with van der Waals surface area (Å²) in [5, 5.41) is 4.46. The van der Waals surface area contributed by atoms with E-state index < -0.39 is 0 Å². The molecule has 17 heavy (non-hydrogen) atoms. The standard InChI is InChI=1S/C13H14BrFN2/c1-3-11-12(14)13(16-17(11)4-2)9-7-5-6-8-10(9)15/h5-8H,3-4H2,1-2H3. The maximum absolute atomic E-state index is 13.7. The van der Waals surface area contributed by atoms with E-state index in [2.05, 4.69) is 28.0 Å². The van der Waals surface area contributed by atoms with Crippen molar-refractivity contribution in [3.63, 3.8) is 0 Å². The lowest BCUT2D eigenvalue weighted by Crippen LogP contribution is -2.01. The fourth-order valence-electron chi connectivity index (χ4n) is 1.90. The molecule has 0 spiro atoms. The molecule has 1 aromatic carbocycles. The van der Waals surface area contributed by atoms with Crippen LogP contribution in [-0.4, -0.2) is 9.78 Å². The summed E-state index contributed by atoms with van der Waals surface area (Å²) in [6.45, 7) is 4.89. The Kier molecular flexibility index (Phi) is 3.62. The number of aromatic nitrogens is 2. The SMILES string of the molecule is CCc1c(Br)c(-c2ccccc2F)nn1CC. The van der Waals surface area contributed by atoms with Crippen LogP contribution in [0.25, 0.3) is 11.3 Å². The zero-order valence-corrected chi connectivity index (χ0v) is 11.5. The smallest absolute Gasteiger partial charge is 0.132 e. The maximum Gasteiger partial charge on any atom is 0.132 e. The molecule has 4 heteroatoms. The van der Waals surface area contributed by atoms with Gasteiger partial charge in [0, 0.05) is 12.1 Å². The molecule has 0 saturated carbocycles. The Morgan fingerprint density at radius 2 is 2.00 bits per heavy atom. The van der Waals surface area contributed by atoms with Crippen molar-refractivity contribution < 1.29 is 4.39 Å². The molecular formula is C13H14BrFN2. The third kappa shape index (κ3) is 2.14. The predicted octanol–water partition coefficient (Wildman–Crippen LogP) is 4.03. The van der Waals surface area contributed by atoms with Crippen molar-refractivity contribution >= 4 is 15.9 Å². The van der Waals surface area contributed by atoms with Crippen molar-refractivity contribution in [2.75, 3.05) is 0 Å². The summed E-state index contributed by atoms with van der Waals surface area (Å²) < 4.78 is 16.5. The van der Waals surface area contributed by atoms with Crippen molar-refractivity contribution in [2.24, 2.45) is 0 Å². The second-order valence-corrected chi connectivity index (χ2v) is 4.55. The summed E-state index contributed by atoms with van der Waals surface area (Å²) in [6.07, 6.45) is 0.871. The number of halogens is 2. The molecule has 0 fully saturated rings. The second kappa shape index (κ2) is 5.00. The van der Waals surface area contributed by atoms with Crippen LogP contribution in [-0.2, 0) is 13.0 Å². The number of hydrogen-bond donors (Lipinski definition) is 0. The Morgan fingerprint density at radius 1 is 1.29 bits per heavy atom. The highest BCUT2D eigenvalue weighted by molar-refractivity contribution is 9.10. The fourth-order valence-corrected chi connectivity index (χ4v) is 2.68. The Balaban J connectivity index is 2.61. The van der Waals surface area contributed by atoms with E-state index in [1.54, 1.807) is 12.1 Å². The predicted molar refractivity (Wildman–Crippen MR) is 70.4 cm³/mol. The number of nitrogens with zero attached hydrogens (tertiary/aromatic N) is 2. The van der Waals surface area contributed by atoms with Crippen molar-refractivity contribution in [1.29, 1.82) is 0 Å². The van der Waals surface area contributed by atoms with Gasteiger partial charge in [0.15, 0.2) is 0 Å². The molecule has 1 aromatic heterocycles. The Bertz CT molecular complexity index is 534. The Morgan fingerprint density at radius 3 is 2.53 bits per heavy atom. The lowest BCUT2D eigenvalue weighted by atomic mass is 10.1. The van der Waals surface area contributed by atoms with E-state index in [1.165, 1.54) is 6.07 Å². The van der Waals surface area contributed by atoms with E-state index in [0.29, 0.717) is 11.3 Å². The van der Waals surface area contributed by atoms with Gasteiger partial charge in [-0.3, -0.25) is 4.68 Å². The summed E-state index contributed by atoms with van der Waals surface area (Å²) in [5.41, 5.74) is 2.33. The second-order valence-electron chi connectivity index (χ2n) is 3.76. The van der Waals surface area contributed by atoms with E-state index in [-0.39, 0.29) is 5.82 Å². The minimum Gasteiger partial charge on any atom is -0.268 e. The van der Waals surface area contributed by atoms with Gasteiger partial charge in [-0.2, -0.15) is 5.10 Å². The highest BCUT2D eigenvalue weighted by atomic mass is 79.9. The summed E-state index contributed by atoms with van der Waals surface area (Å²) in [6, 6.07) is 6.71. The average Bonchev–Trinajstić information content (AvgIpc) is 2.66. The molecule has 0 saturated heterocycles. The van der Waals surface area contributed by atoms with Gasteiger partial charge in [0.1, 0.15) is 11.5 Å². The van der Waals surface area contributed by atoms with E-state index in [1.807, 2.05) is 17.7 Å². The molecule has 0 aliphatic heterocycles. The number of benzene rings is 1. The van der Waals surface area contributed by atoms with E-state index in [4.69, 9.17) is 0 Å². The van der Waals surface area contributed by atoms with Gasteiger partial charge in [0.05, 0.1) is 10.2 Å². The summed E-state index contributed by atoms with van der Waals surface area (Å²) in [7, 11) is 0. The molecule has 0 radical (unpaired) electrons. The molecule has 2 nitrogen and oxygen atoms in total. The Labute approximate surface area is 109 Å². The minimum absolute atomic E-state index is 0.239. The molecule has 90 valence electrons. The van der Waals surface area contributed by atoms with Crippen LogP contribution in [0.1, 0.15) is 19.5 Å². The van der Waals surface area contributed by atoms with Gasteiger partial charge in [-0.05, 0) is 41.4 Å². The molecule has 0 unspecified atom stereocenters. The maximum atomic E-state index is 13.7. The third-order valence-corrected chi connectivity index (χ3v) is 3.59. The van der Waals surface area contributed by atoms with Crippen LogP contribution in [0.3, 0.4) is 0 Å². The van der Waals surface area contributed by atoms with Crippen LogP contribution in [0.4, 0.5) is 4.39 Å². The molecule has 0 atom stereocenters. The van der Waals surface area contributed by atoms with Crippen molar-refractivity contribution in [3.05, 3.63) is 40.2 Å². The molecular weight excluding hydrogens is 283 g/mol. The van der Waals surface area contributed by atoms with Crippen LogP contribution < -0.4 is 0 Å². The number of aryl methyl sites for hydroxylation is 1. The van der Waals surface area contributed by atoms with Crippen LogP contribution in [0, 0.1) is 5.82 Å². The molecule has 0 bridgehead atoms. The molecule has 1 heterocycles. The first-order valence-electron chi connectivity index (χ1n) is 5.69. The van der Waals surface area contributed by atoms with Gasteiger partial charge in [0.25, 0.3) is 0 Å². The highest BCUT2D eigenvalue weighted by Gasteiger charge is 2.17. The lowest BCUT2D eigenvalue weighted by Gasteiger charge is -2.00. The van der Waals surface area contributed by atoms with Crippen LogP contribution in [0.15, 0.2) is 28.7 Å². The molecule has 2 rings (SSSR count). The van der Waals surface area contributed by atoms with Gasteiger partial charge in [-0.25, -0.2) is 4.39 Å². The third-order valence-electron chi connectivity index (χ3n) is 2.76. The highest BCUT2D eigenvalue weighted by Crippen LogP contribution is 2.32. The summed E-state index contributed by atoms with van der Waals surface area (Å²) in [5.74, 6) is -0.239. The van der Waals surface area contributed by atoms with Crippen molar-refractivity contribution in [2.45, 2.75) is 26.8 Å². The largest absolute Gasteiger partial charge is 0.268 e. The monoisotopic (exact) mass is 296 g/mol. The van der Waals surface area contributed by atoms with Gasteiger partial charge in [0.2, 0.25) is 0 Å². The quantitative estimate of drug-likeness (QED) is 0.836. The minimum atomic E-state index is -0.239. The molecule has 0 aliphatic carbocycles. The zero-order chi connectivity index (χ0) is 12.4. The van der Waals surface area contributed by atoms with Gasteiger partial charge < -0.3 is 0 Å². The van der Waals surface area contributed by atoms with E-state index >= 15 is 0 Å². The van der Waals surface area contributed by atoms with E-state index in [9.17, 15) is 4.39 Å². The normalized spacial score (nSPS) is 10.8. The Hall–Kier alpha value is -1.16. The first-order chi connectivity index (χ1) is 8.19. The lowest BCUT2D eigenvalue weighted by molar-refractivity contribution is 0.619. The van der Waals surface area contributed by atoms with Crippen molar-refractivity contribution in [1.82, 2.24) is 9.78 Å². The van der Waals surface area contributed by atoms with Crippen LogP contribution in [0.2, 0.25) is 0 Å².